The van der Waals surface area contributed by atoms with Crippen molar-refractivity contribution in [1.29, 1.82) is 0 Å². The minimum absolute atomic E-state index is 0.0360. The third-order valence-electron chi connectivity index (χ3n) is 2.65. The fourth-order valence-corrected chi connectivity index (χ4v) is 1.79. The van der Waals surface area contributed by atoms with E-state index in [9.17, 15) is 8.78 Å². The number of hydrogen-bond acceptors (Lipinski definition) is 5. The van der Waals surface area contributed by atoms with Crippen molar-refractivity contribution in [3.05, 3.63) is 18.2 Å². The van der Waals surface area contributed by atoms with Crippen molar-refractivity contribution in [1.82, 2.24) is 0 Å². The number of ether oxygens (including phenoxy) is 4. The summed E-state index contributed by atoms with van der Waals surface area (Å²) in [5.41, 5.74) is 0.591. The van der Waals surface area contributed by atoms with Crippen LogP contribution in [0.3, 0.4) is 0 Å². The summed E-state index contributed by atoms with van der Waals surface area (Å²) in [5, 5.41) is 3.08. The van der Waals surface area contributed by atoms with Crippen LogP contribution in [0.2, 0.25) is 0 Å². The first kappa shape index (κ1) is 16.5. The molecule has 114 valence electrons. The second-order valence-electron chi connectivity index (χ2n) is 4.02. The lowest BCUT2D eigenvalue weighted by Crippen LogP contribution is -2.33. The van der Waals surface area contributed by atoms with E-state index in [1.807, 2.05) is 6.92 Å². The Morgan fingerprint density at radius 1 is 1.05 bits per heavy atom. The highest BCUT2D eigenvalue weighted by molar-refractivity contribution is 5.55. The molecule has 0 aliphatic heterocycles. The second kappa shape index (κ2) is 7.86. The summed E-state index contributed by atoms with van der Waals surface area (Å²) in [5.74, 6) is 0.199. The Labute approximate surface area is 116 Å². The fourth-order valence-electron chi connectivity index (χ4n) is 1.79. The standard InChI is InChI=1S/C13H19F2NO4/c1-8(12(18-3)19-4)16-9-5-6-10(17-2)11(7-9)20-13(14)15/h5-8,12-13,16H,1-4H3. The van der Waals surface area contributed by atoms with E-state index in [4.69, 9.17) is 14.2 Å². The van der Waals surface area contributed by atoms with E-state index in [0.717, 1.165) is 0 Å². The molecule has 1 unspecified atom stereocenters. The van der Waals surface area contributed by atoms with E-state index in [0.29, 0.717) is 5.69 Å². The minimum atomic E-state index is -2.91. The first-order valence-corrected chi connectivity index (χ1v) is 5.96. The fraction of sp³-hybridized carbons (Fsp3) is 0.538. The van der Waals surface area contributed by atoms with Crippen LogP contribution in [0, 0.1) is 0 Å². The highest BCUT2D eigenvalue weighted by atomic mass is 19.3. The Morgan fingerprint density at radius 3 is 2.20 bits per heavy atom. The molecule has 0 saturated heterocycles. The summed E-state index contributed by atoms with van der Waals surface area (Å²) >= 11 is 0. The van der Waals surface area contributed by atoms with Gasteiger partial charge in [0.1, 0.15) is 0 Å². The number of rotatable bonds is 8. The monoisotopic (exact) mass is 291 g/mol. The van der Waals surface area contributed by atoms with Crippen molar-refractivity contribution in [3.8, 4) is 11.5 Å². The first-order chi connectivity index (χ1) is 9.51. The zero-order valence-corrected chi connectivity index (χ0v) is 11.9. The molecule has 1 atom stereocenters. The van der Waals surface area contributed by atoms with Crippen LogP contribution in [-0.4, -0.2) is 40.3 Å². The van der Waals surface area contributed by atoms with Gasteiger partial charge in [0.15, 0.2) is 17.8 Å². The van der Waals surface area contributed by atoms with Crippen LogP contribution in [0.4, 0.5) is 14.5 Å². The van der Waals surface area contributed by atoms with Gasteiger partial charge in [-0.05, 0) is 19.1 Å². The van der Waals surface area contributed by atoms with Crippen LogP contribution in [0.25, 0.3) is 0 Å². The van der Waals surface area contributed by atoms with Gasteiger partial charge in [-0.2, -0.15) is 8.78 Å². The van der Waals surface area contributed by atoms with Gasteiger partial charge < -0.3 is 24.3 Å². The van der Waals surface area contributed by atoms with E-state index in [2.05, 4.69) is 10.1 Å². The molecule has 0 radical (unpaired) electrons. The van der Waals surface area contributed by atoms with Crippen LogP contribution in [0.1, 0.15) is 6.92 Å². The van der Waals surface area contributed by atoms with Crippen LogP contribution in [0.15, 0.2) is 18.2 Å². The van der Waals surface area contributed by atoms with E-state index in [1.165, 1.54) is 27.4 Å². The van der Waals surface area contributed by atoms with E-state index in [1.54, 1.807) is 12.1 Å². The Balaban J connectivity index is 2.85. The van der Waals surface area contributed by atoms with Gasteiger partial charge in [-0.15, -0.1) is 0 Å². The van der Waals surface area contributed by atoms with Crippen molar-refractivity contribution in [2.75, 3.05) is 26.6 Å². The highest BCUT2D eigenvalue weighted by Gasteiger charge is 2.17. The van der Waals surface area contributed by atoms with Crippen molar-refractivity contribution in [2.45, 2.75) is 25.9 Å². The van der Waals surface area contributed by atoms with Gasteiger partial charge in [-0.3, -0.25) is 0 Å². The van der Waals surface area contributed by atoms with Gasteiger partial charge in [-0.1, -0.05) is 0 Å². The van der Waals surface area contributed by atoms with E-state index >= 15 is 0 Å². The third kappa shape index (κ3) is 4.50. The topological polar surface area (TPSA) is 49.0 Å². The van der Waals surface area contributed by atoms with Crippen LogP contribution in [0.5, 0.6) is 11.5 Å². The number of anilines is 1. The van der Waals surface area contributed by atoms with Gasteiger partial charge in [0.05, 0.1) is 13.2 Å². The SMILES string of the molecule is COc1ccc(NC(C)C(OC)OC)cc1OC(F)F. The normalized spacial score (nSPS) is 12.6. The molecule has 0 bridgehead atoms. The number of methoxy groups -OCH3 is 3. The highest BCUT2D eigenvalue weighted by Crippen LogP contribution is 2.31. The summed E-state index contributed by atoms with van der Waals surface area (Å²) < 4.78 is 44.3. The average molecular weight is 291 g/mol. The number of benzene rings is 1. The molecule has 1 N–H and O–H groups in total. The predicted octanol–water partition coefficient (Wildman–Crippen LogP) is 2.72. The molecule has 0 aliphatic rings. The molecule has 20 heavy (non-hydrogen) atoms. The quantitative estimate of drug-likeness (QED) is 0.746. The smallest absolute Gasteiger partial charge is 0.387 e. The summed E-state index contributed by atoms with van der Waals surface area (Å²) in [6, 6.07) is 4.49. The molecule has 5 nitrogen and oxygen atoms in total. The Kier molecular flexibility index (Phi) is 6.47. The average Bonchev–Trinajstić information content (AvgIpc) is 2.39. The maximum atomic E-state index is 12.3. The zero-order chi connectivity index (χ0) is 15.1. The lowest BCUT2D eigenvalue weighted by atomic mass is 10.2. The van der Waals surface area contributed by atoms with E-state index < -0.39 is 12.9 Å². The maximum absolute atomic E-state index is 12.3. The van der Waals surface area contributed by atoms with Crippen LogP contribution >= 0.6 is 0 Å². The largest absolute Gasteiger partial charge is 0.493 e. The molecule has 7 heteroatoms. The van der Waals surface area contributed by atoms with E-state index in [-0.39, 0.29) is 17.5 Å². The summed E-state index contributed by atoms with van der Waals surface area (Å²) in [7, 11) is 4.42. The Bertz CT molecular complexity index is 413. The Hall–Kier alpha value is -1.60. The first-order valence-electron chi connectivity index (χ1n) is 5.96. The molecule has 0 fully saturated rings. The molecule has 1 aromatic carbocycles. The van der Waals surface area contributed by atoms with Crippen molar-refractivity contribution < 1.29 is 27.7 Å². The van der Waals surface area contributed by atoms with Gasteiger partial charge in [-0.25, -0.2) is 0 Å². The third-order valence-corrected chi connectivity index (χ3v) is 2.65. The van der Waals surface area contributed by atoms with Crippen molar-refractivity contribution in [3.63, 3.8) is 0 Å². The van der Waals surface area contributed by atoms with Crippen LogP contribution < -0.4 is 14.8 Å². The van der Waals surface area contributed by atoms with Crippen LogP contribution in [-0.2, 0) is 9.47 Å². The molecule has 0 amide bonds. The Morgan fingerprint density at radius 2 is 1.70 bits per heavy atom. The zero-order valence-electron chi connectivity index (χ0n) is 11.9. The molecule has 1 rings (SSSR count). The number of alkyl halides is 2. The lowest BCUT2D eigenvalue weighted by Gasteiger charge is -2.23. The summed E-state index contributed by atoms with van der Waals surface area (Å²) in [6.45, 7) is -1.07. The molecule has 0 aromatic heterocycles. The van der Waals surface area contributed by atoms with Crippen molar-refractivity contribution in [2.24, 2.45) is 0 Å². The molecule has 1 aromatic rings. The molecule has 0 saturated carbocycles. The lowest BCUT2D eigenvalue weighted by molar-refractivity contribution is -0.109. The second-order valence-corrected chi connectivity index (χ2v) is 4.02. The van der Waals surface area contributed by atoms with Gasteiger partial charge in [0.25, 0.3) is 0 Å². The molecule has 0 spiro atoms. The maximum Gasteiger partial charge on any atom is 0.387 e. The molecular formula is C13H19F2NO4. The van der Waals surface area contributed by atoms with Crippen molar-refractivity contribution >= 4 is 5.69 Å². The minimum Gasteiger partial charge on any atom is -0.493 e. The van der Waals surface area contributed by atoms with Gasteiger partial charge in [0, 0.05) is 26.0 Å². The molecule has 0 heterocycles. The molecular weight excluding hydrogens is 272 g/mol. The summed E-state index contributed by atoms with van der Waals surface area (Å²) in [6.07, 6.45) is -0.462. The van der Waals surface area contributed by atoms with Gasteiger partial charge in [0.2, 0.25) is 0 Å². The molecule has 0 aliphatic carbocycles. The predicted molar refractivity (Wildman–Crippen MR) is 70.5 cm³/mol. The number of nitrogens with one attached hydrogen (secondary N) is 1. The summed E-state index contributed by atoms with van der Waals surface area (Å²) in [4.78, 5) is 0. The number of hydrogen-bond donors (Lipinski definition) is 1. The number of halogens is 2. The van der Waals surface area contributed by atoms with Gasteiger partial charge >= 0.3 is 6.61 Å².